The van der Waals surface area contributed by atoms with Gasteiger partial charge in [-0.1, -0.05) is 25.1 Å². The molecule has 2 aromatic rings. The zero-order valence-corrected chi connectivity index (χ0v) is 19.5. The molecular formula is C22H20IN3O3S. The lowest BCUT2D eigenvalue weighted by Gasteiger charge is -2.14. The zero-order valence-electron chi connectivity index (χ0n) is 16.6. The predicted octanol–water partition coefficient (Wildman–Crippen LogP) is 4.22. The predicted molar refractivity (Wildman–Crippen MR) is 127 cm³/mol. The van der Waals surface area contributed by atoms with Gasteiger partial charge in [-0.3, -0.25) is 9.69 Å². The molecule has 1 aliphatic rings. The Hall–Kier alpha value is -2.64. The number of carbonyl (C=O) groups is 1. The van der Waals surface area contributed by atoms with Crippen molar-refractivity contribution >= 4 is 51.9 Å². The van der Waals surface area contributed by atoms with Gasteiger partial charge in [-0.15, -0.1) is 0 Å². The number of ether oxygens (including phenoxy) is 2. The van der Waals surface area contributed by atoms with Crippen LogP contribution in [0.25, 0.3) is 6.08 Å². The van der Waals surface area contributed by atoms with Gasteiger partial charge in [-0.05, 0) is 71.1 Å². The van der Waals surface area contributed by atoms with Crippen molar-refractivity contribution < 1.29 is 14.3 Å². The number of rotatable bonds is 7. The Balaban J connectivity index is 1.85. The molecule has 8 heteroatoms. The Morgan fingerprint density at radius 2 is 2.10 bits per heavy atom. The molecule has 0 aromatic heterocycles. The Morgan fingerprint density at radius 3 is 2.80 bits per heavy atom. The molecule has 30 heavy (non-hydrogen) atoms. The van der Waals surface area contributed by atoms with Crippen LogP contribution in [0.4, 0.5) is 0 Å². The van der Waals surface area contributed by atoms with Gasteiger partial charge < -0.3 is 14.8 Å². The summed E-state index contributed by atoms with van der Waals surface area (Å²) in [5.41, 5.74) is 2.60. The minimum Gasteiger partial charge on any atom is -0.493 e. The van der Waals surface area contributed by atoms with Gasteiger partial charge in [0.2, 0.25) is 0 Å². The van der Waals surface area contributed by atoms with Crippen molar-refractivity contribution in [3.05, 3.63) is 62.4 Å². The number of nitrogens with zero attached hydrogens (tertiary/aromatic N) is 2. The van der Waals surface area contributed by atoms with E-state index in [1.165, 1.54) is 0 Å². The zero-order chi connectivity index (χ0) is 21.7. The summed E-state index contributed by atoms with van der Waals surface area (Å²) in [6, 6.07) is 13.2. The molecule has 6 nitrogen and oxygen atoms in total. The van der Waals surface area contributed by atoms with E-state index in [9.17, 15) is 10.1 Å². The van der Waals surface area contributed by atoms with Crippen molar-refractivity contribution in [1.29, 1.82) is 5.26 Å². The van der Waals surface area contributed by atoms with Crippen LogP contribution in [0.15, 0.2) is 42.1 Å². The maximum absolute atomic E-state index is 12.6. The molecule has 154 valence electrons. The molecule has 0 saturated carbocycles. The van der Waals surface area contributed by atoms with Crippen molar-refractivity contribution in [3.63, 3.8) is 0 Å². The summed E-state index contributed by atoms with van der Waals surface area (Å²) in [5.74, 6) is 0.993. The molecule has 1 aliphatic heterocycles. The first-order valence-corrected chi connectivity index (χ1v) is 10.8. The topological polar surface area (TPSA) is 74.6 Å². The highest BCUT2D eigenvalue weighted by atomic mass is 127. The molecule has 0 spiro atoms. The first-order valence-electron chi connectivity index (χ1n) is 9.31. The number of halogens is 1. The Bertz CT molecular complexity index is 1060. The van der Waals surface area contributed by atoms with Crippen LogP contribution in [0.3, 0.4) is 0 Å². The lowest BCUT2D eigenvalue weighted by Crippen LogP contribution is -2.31. The fourth-order valence-corrected chi connectivity index (χ4v) is 4.10. The summed E-state index contributed by atoms with van der Waals surface area (Å²) in [5, 5.41) is 12.7. The Labute approximate surface area is 194 Å². The van der Waals surface area contributed by atoms with Crippen molar-refractivity contribution in [2.45, 2.75) is 20.0 Å². The van der Waals surface area contributed by atoms with Gasteiger partial charge >= 0.3 is 0 Å². The molecule has 0 aliphatic carbocycles. The fourth-order valence-electron chi connectivity index (χ4n) is 3.03. The van der Waals surface area contributed by atoms with E-state index >= 15 is 0 Å². The first-order chi connectivity index (χ1) is 14.5. The summed E-state index contributed by atoms with van der Waals surface area (Å²) in [7, 11) is 1.56. The molecule has 1 saturated heterocycles. The molecule has 1 heterocycles. The van der Waals surface area contributed by atoms with Gasteiger partial charge in [0, 0.05) is 12.1 Å². The van der Waals surface area contributed by atoms with E-state index in [0.29, 0.717) is 34.4 Å². The third-order valence-corrected chi connectivity index (χ3v) is 5.61. The summed E-state index contributed by atoms with van der Waals surface area (Å²) in [6.45, 7) is 2.83. The normalized spacial score (nSPS) is 14.6. The average molecular weight is 533 g/mol. The number of methoxy groups -OCH3 is 1. The molecule has 0 unspecified atom stereocenters. The van der Waals surface area contributed by atoms with Crippen molar-refractivity contribution in [2.75, 3.05) is 13.7 Å². The first kappa shape index (κ1) is 22.1. The minimum atomic E-state index is -0.135. The second kappa shape index (κ2) is 9.91. The average Bonchev–Trinajstić information content (AvgIpc) is 3.00. The highest BCUT2D eigenvalue weighted by Gasteiger charge is 2.29. The molecule has 1 N–H and O–H groups in total. The van der Waals surface area contributed by atoms with Crippen LogP contribution < -0.4 is 14.8 Å². The number of nitrogens with one attached hydrogen (secondary N) is 1. The largest absolute Gasteiger partial charge is 0.493 e. The second-order valence-electron chi connectivity index (χ2n) is 6.54. The van der Waals surface area contributed by atoms with Crippen LogP contribution in [0, 0.1) is 14.9 Å². The lowest BCUT2D eigenvalue weighted by atomic mass is 10.1. The van der Waals surface area contributed by atoms with E-state index in [-0.39, 0.29) is 12.5 Å². The second-order valence-corrected chi connectivity index (χ2v) is 8.09. The van der Waals surface area contributed by atoms with Crippen molar-refractivity contribution in [1.82, 2.24) is 10.2 Å². The number of amides is 1. The van der Waals surface area contributed by atoms with Crippen LogP contribution >= 0.6 is 34.8 Å². The molecule has 0 atom stereocenters. The number of hydrogen-bond acceptors (Lipinski definition) is 5. The molecule has 3 rings (SSSR count). The maximum atomic E-state index is 12.6. The maximum Gasteiger partial charge on any atom is 0.276 e. The van der Waals surface area contributed by atoms with Crippen LogP contribution in [0.1, 0.15) is 30.0 Å². The van der Waals surface area contributed by atoms with E-state index < -0.39 is 0 Å². The highest BCUT2D eigenvalue weighted by molar-refractivity contribution is 14.1. The number of carbonyl (C=O) groups excluding carboxylic acids is 1. The van der Waals surface area contributed by atoms with Gasteiger partial charge in [0.15, 0.2) is 16.6 Å². The number of benzene rings is 2. The van der Waals surface area contributed by atoms with Gasteiger partial charge in [-0.2, -0.15) is 5.26 Å². The third-order valence-electron chi connectivity index (χ3n) is 4.48. The van der Waals surface area contributed by atoms with Crippen molar-refractivity contribution in [2.24, 2.45) is 0 Å². The van der Waals surface area contributed by atoms with Gasteiger partial charge in [0.05, 0.1) is 22.3 Å². The van der Waals surface area contributed by atoms with E-state index in [0.717, 1.165) is 21.1 Å². The van der Waals surface area contributed by atoms with Crippen LogP contribution in [-0.2, 0) is 11.4 Å². The minimum absolute atomic E-state index is 0.135. The summed E-state index contributed by atoms with van der Waals surface area (Å²) in [6.07, 6.45) is 2.58. The summed E-state index contributed by atoms with van der Waals surface area (Å²) >= 11 is 7.43. The fraction of sp³-hybridized carbons (Fsp3) is 0.227. The number of nitriles is 1. The number of thiocarbonyl (C=S) groups is 1. The summed E-state index contributed by atoms with van der Waals surface area (Å²) < 4.78 is 12.3. The van der Waals surface area contributed by atoms with Crippen LogP contribution in [-0.4, -0.2) is 29.6 Å². The summed E-state index contributed by atoms with van der Waals surface area (Å²) in [4.78, 5) is 14.1. The highest BCUT2D eigenvalue weighted by Crippen LogP contribution is 2.35. The smallest absolute Gasteiger partial charge is 0.276 e. The van der Waals surface area contributed by atoms with E-state index in [1.54, 1.807) is 30.2 Å². The molecule has 0 radical (unpaired) electrons. The number of hydrogen-bond donors (Lipinski definition) is 1. The third kappa shape index (κ3) is 4.74. The Morgan fingerprint density at radius 1 is 1.33 bits per heavy atom. The monoisotopic (exact) mass is 533 g/mol. The van der Waals surface area contributed by atoms with Gasteiger partial charge in [-0.25, -0.2) is 0 Å². The van der Waals surface area contributed by atoms with Crippen molar-refractivity contribution in [3.8, 4) is 17.6 Å². The van der Waals surface area contributed by atoms with Crippen LogP contribution in [0.2, 0.25) is 0 Å². The van der Waals surface area contributed by atoms with E-state index in [4.69, 9.17) is 21.7 Å². The molecule has 2 aromatic carbocycles. The Kier molecular flexibility index (Phi) is 7.29. The van der Waals surface area contributed by atoms with E-state index in [1.807, 2.05) is 31.2 Å². The standard InChI is InChI=1S/C22H20IN3O3S/c1-3-8-26-21(27)18(25-22(26)30)10-14-9-17(23)20(19(11-14)28-2)29-13-16-7-5-4-6-15(16)12-24/h4-7,9-11H,3,8,13H2,1-2H3,(H,25,30)/b18-10-. The molecule has 1 fully saturated rings. The molecule has 0 bridgehead atoms. The van der Waals surface area contributed by atoms with Gasteiger partial charge in [0.25, 0.3) is 5.91 Å². The SMILES string of the molecule is CCCN1C(=O)/C(=C/c2cc(I)c(OCc3ccccc3C#N)c(OC)c2)NC1=S. The lowest BCUT2D eigenvalue weighted by molar-refractivity contribution is -0.122. The molecule has 1 amide bonds. The van der Waals surface area contributed by atoms with Gasteiger partial charge in [0.1, 0.15) is 12.3 Å². The quantitative estimate of drug-likeness (QED) is 0.327. The molecular weight excluding hydrogens is 513 g/mol. The van der Waals surface area contributed by atoms with Crippen LogP contribution in [0.5, 0.6) is 11.5 Å². The van der Waals surface area contributed by atoms with E-state index in [2.05, 4.69) is 34.0 Å².